The minimum Gasteiger partial charge on any atom is -0.490 e. The van der Waals surface area contributed by atoms with Crippen LogP contribution in [0.5, 0.6) is 5.75 Å². The summed E-state index contributed by atoms with van der Waals surface area (Å²) in [5.74, 6) is 0.313. The fourth-order valence-electron chi connectivity index (χ4n) is 2.26. The normalized spacial score (nSPS) is 17.6. The third-order valence-electron chi connectivity index (χ3n) is 3.62. The van der Waals surface area contributed by atoms with Crippen LogP contribution in [0, 0.1) is 5.82 Å². The van der Waals surface area contributed by atoms with Crippen LogP contribution in [0.2, 0.25) is 0 Å². The van der Waals surface area contributed by atoms with Crippen LogP contribution < -0.4 is 4.74 Å². The van der Waals surface area contributed by atoms with Gasteiger partial charge in [-0.2, -0.15) is 0 Å². The largest absolute Gasteiger partial charge is 0.490 e. The third-order valence-corrected chi connectivity index (χ3v) is 3.62. The van der Waals surface area contributed by atoms with Gasteiger partial charge in [0.25, 0.3) is 0 Å². The molecule has 3 heteroatoms. The average molecular weight is 272 g/mol. The van der Waals surface area contributed by atoms with E-state index in [-0.39, 0.29) is 5.56 Å². The number of benzene rings is 2. The van der Waals surface area contributed by atoms with Crippen molar-refractivity contribution in [2.45, 2.75) is 31.5 Å². The van der Waals surface area contributed by atoms with Gasteiger partial charge in [0.05, 0.1) is 6.10 Å². The highest BCUT2D eigenvalue weighted by molar-refractivity contribution is 5.39. The van der Waals surface area contributed by atoms with Gasteiger partial charge in [-0.25, -0.2) is 4.39 Å². The minimum absolute atomic E-state index is 0.267. The number of aliphatic hydroxyl groups is 1. The number of halogens is 1. The second-order valence-corrected chi connectivity index (χ2v) is 5.40. The van der Waals surface area contributed by atoms with Crippen LogP contribution in [-0.2, 0) is 5.60 Å². The molecule has 0 bridgehead atoms. The molecule has 20 heavy (non-hydrogen) atoms. The average Bonchev–Trinajstić information content (AvgIpc) is 3.23. The summed E-state index contributed by atoms with van der Waals surface area (Å²) in [5.41, 5.74) is -0.488. The molecule has 0 saturated heterocycles. The van der Waals surface area contributed by atoms with Crippen molar-refractivity contribution in [3.63, 3.8) is 0 Å². The van der Waals surface area contributed by atoms with Gasteiger partial charge in [0, 0.05) is 5.56 Å². The minimum atomic E-state index is -1.38. The maximum atomic E-state index is 13.9. The second kappa shape index (κ2) is 4.91. The third kappa shape index (κ3) is 2.54. The summed E-state index contributed by atoms with van der Waals surface area (Å²) in [6, 6.07) is 13.5. The first-order valence-corrected chi connectivity index (χ1v) is 6.82. The van der Waals surface area contributed by atoms with Crippen molar-refractivity contribution >= 4 is 0 Å². The zero-order chi connectivity index (χ0) is 14.2. The van der Waals surface area contributed by atoms with Gasteiger partial charge in [-0.3, -0.25) is 0 Å². The topological polar surface area (TPSA) is 29.5 Å². The molecule has 2 nitrogen and oxygen atoms in total. The molecule has 0 aromatic heterocycles. The summed E-state index contributed by atoms with van der Waals surface area (Å²) < 4.78 is 19.6. The molecule has 3 rings (SSSR count). The van der Waals surface area contributed by atoms with Crippen LogP contribution >= 0.6 is 0 Å². The van der Waals surface area contributed by atoms with Crippen molar-refractivity contribution < 1.29 is 14.2 Å². The van der Waals surface area contributed by atoms with E-state index in [0.717, 1.165) is 18.6 Å². The molecule has 1 N–H and O–H groups in total. The van der Waals surface area contributed by atoms with E-state index >= 15 is 0 Å². The van der Waals surface area contributed by atoms with E-state index in [0.29, 0.717) is 11.7 Å². The van der Waals surface area contributed by atoms with E-state index in [1.165, 1.54) is 6.07 Å². The van der Waals surface area contributed by atoms with Gasteiger partial charge in [0.2, 0.25) is 0 Å². The van der Waals surface area contributed by atoms with Gasteiger partial charge >= 0.3 is 0 Å². The number of ether oxygens (including phenoxy) is 1. The lowest BCUT2D eigenvalue weighted by Gasteiger charge is -2.25. The van der Waals surface area contributed by atoms with E-state index in [9.17, 15) is 9.50 Å². The molecule has 0 aliphatic heterocycles. The Kier molecular flexibility index (Phi) is 3.22. The van der Waals surface area contributed by atoms with Gasteiger partial charge < -0.3 is 9.84 Å². The monoisotopic (exact) mass is 272 g/mol. The van der Waals surface area contributed by atoms with E-state index in [4.69, 9.17) is 4.74 Å². The Morgan fingerprint density at radius 2 is 1.90 bits per heavy atom. The highest BCUT2D eigenvalue weighted by Crippen LogP contribution is 2.34. The van der Waals surface area contributed by atoms with Crippen molar-refractivity contribution in [3.8, 4) is 5.75 Å². The van der Waals surface area contributed by atoms with Crippen molar-refractivity contribution in [1.82, 2.24) is 0 Å². The molecule has 1 unspecified atom stereocenters. The quantitative estimate of drug-likeness (QED) is 0.921. The molecular weight excluding hydrogens is 255 g/mol. The summed E-state index contributed by atoms with van der Waals surface area (Å²) in [6.45, 7) is 1.60. The number of rotatable bonds is 4. The Hall–Kier alpha value is -1.87. The first kappa shape index (κ1) is 13.1. The SMILES string of the molecule is CC(O)(c1cccc(OC2CC2)c1)c1ccccc1F. The summed E-state index contributed by atoms with van der Waals surface area (Å²) in [5, 5.41) is 10.7. The van der Waals surface area contributed by atoms with Crippen LogP contribution in [0.25, 0.3) is 0 Å². The molecule has 2 aromatic rings. The van der Waals surface area contributed by atoms with Crippen molar-refractivity contribution in [2.75, 3.05) is 0 Å². The molecule has 1 aliphatic rings. The molecule has 0 heterocycles. The van der Waals surface area contributed by atoms with Gasteiger partial charge in [0.15, 0.2) is 0 Å². The lowest BCUT2D eigenvalue weighted by Crippen LogP contribution is -2.24. The van der Waals surface area contributed by atoms with Gasteiger partial charge in [-0.1, -0.05) is 30.3 Å². The summed E-state index contributed by atoms with van der Waals surface area (Å²) in [4.78, 5) is 0. The smallest absolute Gasteiger partial charge is 0.129 e. The maximum Gasteiger partial charge on any atom is 0.129 e. The van der Waals surface area contributed by atoms with Crippen molar-refractivity contribution in [2.24, 2.45) is 0 Å². The van der Waals surface area contributed by atoms with E-state index in [1.807, 2.05) is 12.1 Å². The van der Waals surface area contributed by atoms with Crippen LogP contribution in [0.15, 0.2) is 48.5 Å². The molecular formula is C17H17FO2. The molecule has 104 valence electrons. The summed E-state index contributed by atoms with van der Waals surface area (Å²) >= 11 is 0. The van der Waals surface area contributed by atoms with Crippen molar-refractivity contribution in [1.29, 1.82) is 0 Å². The number of hydrogen-bond donors (Lipinski definition) is 1. The first-order chi connectivity index (χ1) is 9.57. The highest BCUT2D eigenvalue weighted by atomic mass is 19.1. The van der Waals surface area contributed by atoms with E-state index in [1.54, 1.807) is 37.3 Å². The molecule has 1 fully saturated rings. The standard InChI is InChI=1S/C17H17FO2/c1-17(19,15-7-2-3-8-16(15)18)12-5-4-6-14(11-12)20-13-9-10-13/h2-8,11,13,19H,9-10H2,1H3. The first-order valence-electron chi connectivity index (χ1n) is 6.82. The van der Waals surface area contributed by atoms with Gasteiger partial charge in [0.1, 0.15) is 17.2 Å². The zero-order valence-corrected chi connectivity index (χ0v) is 11.3. The van der Waals surface area contributed by atoms with E-state index < -0.39 is 11.4 Å². The molecule has 0 radical (unpaired) electrons. The summed E-state index contributed by atoms with van der Waals surface area (Å²) in [7, 11) is 0. The van der Waals surface area contributed by atoms with Gasteiger partial charge in [-0.05, 0) is 43.5 Å². The molecule has 2 aromatic carbocycles. The predicted molar refractivity (Wildman–Crippen MR) is 75.2 cm³/mol. The maximum absolute atomic E-state index is 13.9. The lowest BCUT2D eigenvalue weighted by atomic mass is 9.88. The fourth-order valence-corrected chi connectivity index (χ4v) is 2.26. The summed E-state index contributed by atoms with van der Waals surface area (Å²) in [6.07, 6.45) is 2.45. The predicted octanol–water partition coefficient (Wildman–Crippen LogP) is 3.62. The lowest BCUT2D eigenvalue weighted by molar-refractivity contribution is 0.0975. The molecule has 0 spiro atoms. The highest BCUT2D eigenvalue weighted by Gasteiger charge is 2.29. The Bertz CT molecular complexity index is 618. The van der Waals surface area contributed by atoms with E-state index in [2.05, 4.69) is 0 Å². The zero-order valence-electron chi connectivity index (χ0n) is 11.3. The van der Waals surface area contributed by atoms with Crippen LogP contribution in [0.4, 0.5) is 4.39 Å². The molecule has 0 amide bonds. The Labute approximate surface area is 117 Å². The molecule has 1 aliphatic carbocycles. The Morgan fingerprint density at radius 1 is 1.15 bits per heavy atom. The van der Waals surface area contributed by atoms with Crippen LogP contribution in [-0.4, -0.2) is 11.2 Å². The molecule has 1 saturated carbocycles. The fraction of sp³-hybridized carbons (Fsp3) is 0.294. The van der Waals surface area contributed by atoms with Crippen LogP contribution in [0.3, 0.4) is 0 Å². The Balaban J connectivity index is 1.95. The van der Waals surface area contributed by atoms with Gasteiger partial charge in [-0.15, -0.1) is 0 Å². The van der Waals surface area contributed by atoms with Crippen LogP contribution in [0.1, 0.15) is 30.9 Å². The van der Waals surface area contributed by atoms with Crippen molar-refractivity contribution in [3.05, 3.63) is 65.5 Å². The Morgan fingerprint density at radius 3 is 2.60 bits per heavy atom. The second-order valence-electron chi connectivity index (χ2n) is 5.40. The number of hydrogen-bond acceptors (Lipinski definition) is 2. The molecule has 1 atom stereocenters.